The van der Waals surface area contributed by atoms with Gasteiger partial charge in [0.2, 0.25) is 0 Å². The molecule has 0 N–H and O–H groups in total. The van der Waals surface area contributed by atoms with E-state index in [-0.39, 0.29) is 17.0 Å². The van der Waals surface area contributed by atoms with Crippen LogP contribution in [0.15, 0.2) is 0 Å². The zero-order valence-corrected chi connectivity index (χ0v) is 12.9. The highest BCUT2D eigenvalue weighted by atomic mass is 79.9. The van der Waals surface area contributed by atoms with Gasteiger partial charge in [0, 0.05) is 13.2 Å². The van der Waals surface area contributed by atoms with Gasteiger partial charge in [-0.1, -0.05) is 15.9 Å². The molecular weight excluding hydrogens is 298 g/mol. The Kier molecular flexibility index (Phi) is 4.22. The number of amides is 1. The van der Waals surface area contributed by atoms with Crippen LogP contribution in [0.4, 0.5) is 4.79 Å². The van der Waals surface area contributed by atoms with E-state index in [9.17, 15) is 4.79 Å². The zero-order valence-electron chi connectivity index (χ0n) is 11.3. The van der Waals surface area contributed by atoms with Crippen molar-refractivity contribution in [2.24, 2.45) is 5.92 Å². The third kappa shape index (κ3) is 4.12. The second-order valence-corrected chi connectivity index (χ2v) is 7.39. The number of ether oxygens (including phenoxy) is 2. The highest BCUT2D eigenvalue weighted by Crippen LogP contribution is 2.31. The molecule has 0 aromatic rings. The third-order valence-electron chi connectivity index (χ3n) is 3.09. The minimum atomic E-state index is -0.439. The van der Waals surface area contributed by atoms with Gasteiger partial charge in [-0.3, -0.25) is 0 Å². The van der Waals surface area contributed by atoms with Gasteiger partial charge in [0.25, 0.3) is 0 Å². The Hall–Kier alpha value is -0.290. The van der Waals surface area contributed by atoms with Crippen molar-refractivity contribution < 1.29 is 14.3 Å². The molecule has 104 valence electrons. The molecule has 1 saturated carbocycles. The normalized spacial score (nSPS) is 28.6. The predicted octanol–water partition coefficient (Wildman–Crippen LogP) is 2.80. The number of alkyl halides is 1. The monoisotopic (exact) mass is 319 g/mol. The van der Waals surface area contributed by atoms with Crippen molar-refractivity contribution >= 4 is 22.0 Å². The smallest absolute Gasteiger partial charge is 0.410 e. The van der Waals surface area contributed by atoms with E-state index in [0.29, 0.717) is 13.1 Å². The molecule has 0 aromatic heterocycles. The Morgan fingerprint density at radius 2 is 2.00 bits per heavy atom. The molecule has 1 aliphatic heterocycles. The Morgan fingerprint density at radius 3 is 2.56 bits per heavy atom. The van der Waals surface area contributed by atoms with Gasteiger partial charge in [-0.15, -0.1) is 0 Å². The standard InChI is InChI=1S/C13H22BrNO3/c1-13(2,3)18-12(16)15-6-10(14)11(7-15)17-8-9-4-5-9/h9-11H,4-8H2,1-3H3. The van der Waals surface area contributed by atoms with E-state index in [0.717, 1.165) is 12.5 Å². The first kappa shape index (κ1) is 14.1. The number of nitrogens with zero attached hydrogens (tertiary/aromatic N) is 1. The number of hydrogen-bond acceptors (Lipinski definition) is 3. The maximum Gasteiger partial charge on any atom is 0.410 e. The zero-order chi connectivity index (χ0) is 13.3. The molecule has 1 aliphatic carbocycles. The SMILES string of the molecule is CC(C)(C)OC(=O)N1CC(Br)C(OCC2CC2)C1. The van der Waals surface area contributed by atoms with Crippen LogP contribution in [-0.2, 0) is 9.47 Å². The second-order valence-electron chi connectivity index (χ2n) is 6.22. The van der Waals surface area contributed by atoms with E-state index < -0.39 is 5.60 Å². The lowest BCUT2D eigenvalue weighted by atomic mass is 10.2. The molecule has 0 spiro atoms. The average molecular weight is 320 g/mol. The van der Waals surface area contributed by atoms with Gasteiger partial charge < -0.3 is 14.4 Å². The van der Waals surface area contributed by atoms with E-state index in [2.05, 4.69) is 15.9 Å². The van der Waals surface area contributed by atoms with Gasteiger partial charge in [-0.05, 0) is 39.5 Å². The summed E-state index contributed by atoms with van der Waals surface area (Å²) in [7, 11) is 0. The maximum atomic E-state index is 11.9. The van der Waals surface area contributed by atoms with Crippen molar-refractivity contribution in [2.75, 3.05) is 19.7 Å². The minimum Gasteiger partial charge on any atom is -0.444 e. The molecule has 2 aliphatic rings. The van der Waals surface area contributed by atoms with Crippen LogP contribution in [0.3, 0.4) is 0 Å². The van der Waals surface area contributed by atoms with Crippen molar-refractivity contribution in [3.05, 3.63) is 0 Å². The predicted molar refractivity (Wildman–Crippen MR) is 73.0 cm³/mol. The topological polar surface area (TPSA) is 38.8 Å². The summed E-state index contributed by atoms with van der Waals surface area (Å²) in [5.74, 6) is 0.750. The van der Waals surface area contributed by atoms with Crippen LogP contribution in [0.2, 0.25) is 0 Å². The summed E-state index contributed by atoms with van der Waals surface area (Å²) in [5, 5.41) is 0. The van der Waals surface area contributed by atoms with E-state index in [1.54, 1.807) is 4.90 Å². The molecule has 1 heterocycles. The molecule has 2 rings (SSSR count). The highest BCUT2D eigenvalue weighted by Gasteiger charge is 2.37. The van der Waals surface area contributed by atoms with Crippen LogP contribution >= 0.6 is 15.9 Å². The van der Waals surface area contributed by atoms with Crippen LogP contribution in [0.25, 0.3) is 0 Å². The fourth-order valence-corrected chi connectivity index (χ4v) is 2.58. The van der Waals surface area contributed by atoms with Crippen LogP contribution in [-0.4, -0.2) is 47.2 Å². The highest BCUT2D eigenvalue weighted by molar-refractivity contribution is 9.09. The van der Waals surface area contributed by atoms with Gasteiger partial charge >= 0.3 is 6.09 Å². The minimum absolute atomic E-state index is 0.0955. The molecule has 1 amide bonds. The van der Waals surface area contributed by atoms with Crippen LogP contribution in [0, 0.1) is 5.92 Å². The molecular formula is C13H22BrNO3. The molecule has 2 fully saturated rings. The summed E-state index contributed by atoms with van der Waals surface area (Å²) < 4.78 is 11.2. The number of halogens is 1. The van der Waals surface area contributed by atoms with E-state index in [1.807, 2.05) is 20.8 Å². The van der Waals surface area contributed by atoms with Gasteiger partial charge in [0.1, 0.15) is 5.60 Å². The van der Waals surface area contributed by atoms with Crippen molar-refractivity contribution in [3.8, 4) is 0 Å². The first-order chi connectivity index (χ1) is 8.35. The Balaban J connectivity index is 1.79. The summed E-state index contributed by atoms with van der Waals surface area (Å²) in [4.78, 5) is 13.9. The largest absolute Gasteiger partial charge is 0.444 e. The number of rotatable bonds is 3. The number of carbonyl (C=O) groups is 1. The van der Waals surface area contributed by atoms with Crippen LogP contribution in [0.5, 0.6) is 0 Å². The van der Waals surface area contributed by atoms with Gasteiger partial charge in [-0.25, -0.2) is 4.79 Å². The molecule has 4 nitrogen and oxygen atoms in total. The fourth-order valence-electron chi connectivity index (χ4n) is 1.91. The molecule has 2 unspecified atom stereocenters. The van der Waals surface area contributed by atoms with E-state index in [4.69, 9.17) is 9.47 Å². The summed E-state index contributed by atoms with van der Waals surface area (Å²) in [5.41, 5.74) is -0.439. The lowest BCUT2D eigenvalue weighted by molar-refractivity contribution is 0.0201. The van der Waals surface area contributed by atoms with Crippen molar-refractivity contribution in [3.63, 3.8) is 0 Å². The second kappa shape index (κ2) is 5.37. The van der Waals surface area contributed by atoms with Crippen molar-refractivity contribution in [1.29, 1.82) is 0 Å². The molecule has 0 aromatic carbocycles. The first-order valence-electron chi connectivity index (χ1n) is 6.59. The van der Waals surface area contributed by atoms with Gasteiger partial charge in [0.15, 0.2) is 0 Å². The quantitative estimate of drug-likeness (QED) is 0.751. The molecule has 0 radical (unpaired) electrons. The van der Waals surface area contributed by atoms with E-state index >= 15 is 0 Å². The van der Waals surface area contributed by atoms with Gasteiger partial charge in [0.05, 0.1) is 17.5 Å². The molecule has 18 heavy (non-hydrogen) atoms. The van der Waals surface area contributed by atoms with Crippen molar-refractivity contribution in [1.82, 2.24) is 4.90 Å². The number of carbonyl (C=O) groups excluding carboxylic acids is 1. The number of hydrogen-bond donors (Lipinski definition) is 0. The van der Waals surface area contributed by atoms with Crippen LogP contribution in [0.1, 0.15) is 33.6 Å². The third-order valence-corrected chi connectivity index (χ3v) is 3.97. The van der Waals surface area contributed by atoms with Crippen molar-refractivity contribution in [2.45, 2.75) is 50.1 Å². The molecule has 2 atom stereocenters. The fraction of sp³-hybridized carbons (Fsp3) is 0.923. The Morgan fingerprint density at radius 1 is 1.33 bits per heavy atom. The molecule has 1 saturated heterocycles. The van der Waals surface area contributed by atoms with Crippen LogP contribution < -0.4 is 0 Å². The Labute approximate surface area is 117 Å². The summed E-state index contributed by atoms with van der Waals surface area (Å²) in [6, 6.07) is 0. The lowest BCUT2D eigenvalue weighted by Gasteiger charge is -2.24. The number of likely N-dealkylation sites (tertiary alicyclic amines) is 1. The molecule has 0 bridgehead atoms. The maximum absolute atomic E-state index is 11.9. The summed E-state index contributed by atoms with van der Waals surface area (Å²) in [6.07, 6.45) is 2.42. The molecule has 5 heteroatoms. The van der Waals surface area contributed by atoms with Gasteiger partial charge in [-0.2, -0.15) is 0 Å². The Bertz CT molecular complexity index is 312. The average Bonchev–Trinajstić information content (AvgIpc) is 2.97. The summed E-state index contributed by atoms with van der Waals surface area (Å²) in [6.45, 7) is 7.76. The lowest BCUT2D eigenvalue weighted by Crippen LogP contribution is -2.36. The first-order valence-corrected chi connectivity index (χ1v) is 7.50. The summed E-state index contributed by atoms with van der Waals surface area (Å²) >= 11 is 3.59. The van der Waals surface area contributed by atoms with E-state index in [1.165, 1.54) is 12.8 Å².